The summed E-state index contributed by atoms with van der Waals surface area (Å²) in [7, 11) is 3.20. The molecule has 0 aliphatic carbocycles. The van der Waals surface area contributed by atoms with E-state index in [2.05, 4.69) is 28.1 Å². The molecule has 0 saturated carbocycles. The number of carbonyl (C=O) groups is 1. The predicted molar refractivity (Wildman–Crippen MR) is 155 cm³/mol. The van der Waals surface area contributed by atoms with Crippen molar-refractivity contribution in [1.82, 2.24) is 14.9 Å². The van der Waals surface area contributed by atoms with Crippen LogP contribution in [0.2, 0.25) is 0 Å². The number of hydrogen-bond donors (Lipinski definition) is 1. The molecule has 3 aromatic carbocycles. The van der Waals surface area contributed by atoms with Gasteiger partial charge in [-0.25, -0.2) is 4.98 Å². The number of fused-ring (bicyclic) bond motifs is 1. The zero-order valence-electron chi connectivity index (χ0n) is 23.0. The Kier molecular flexibility index (Phi) is 10.6. The lowest BCUT2D eigenvalue weighted by atomic mass is 10.1. The zero-order chi connectivity index (χ0) is 27.3. The van der Waals surface area contributed by atoms with E-state index >= 15 is 0 Å². The predicted octanol–water partition coefficient (Wildman–Crippen LogP) is 5.98. The summed E-state index contributed by atoms with van der Waals surface area (Å²) >= 11 is 0. The van der Waals surface area contributed by atoms with Crippen LogP contribution in [0.25, 0.3) is 11.0 Å². The number of methoxy groups -OCH3 is 2. The summed E-state index contributed by atoms with van der Waals surface area (Å²) in [6.07, 6.45) is 6.27. The van der Waals surface area contributed by atoms with Gasteiger partial charge in [0.05, 0.1) is 38.3 Å². The fourth-order valence-electron chi connectivity index (χ4n) is 4.70. The number of aromatic nitrogens is 2. The van der Waals surface area contributed by atoms with Crippen molar-refractivity contribution in [2.45, 2.75) is 51.5 Å². The molecule has 39 heavy (non-hydrogen) atoms. The average Bonchev–Trinajstić information content (AvgIpc) is 3.32. The lowest BCUT2D eigenvalue weighted by Crippen LogP contribution is -2.26. The number of hydrogen-bond acceptors (Lipinski definition) is 5. The van der Waals surface area contributed by atoms with Crippen LogP contribution in [-0.4, -0.2) is 42.8 Å². The second-order valence-corrected chi connectivity index (χ2v) is 9.56. The molecule has 0 fully saturated rings. The normalized spacial score (nSPS) is 10.9. The summed E-state index contributed by atoms with van der Waals surface area (Å²) in [4.78, 5) is 17.3. The van der Waals surface area contributed by atoms with Crippen LogP contribution in [0.3, 0.4) is 0 Å². The van der Waals surface area contributed by atoms with Crippen molar-refractivity contribution in [3.63, 3.8) is 0 Å². The van der Waals surface area contributed by atoms with E-state index in [0.29, 0.717) is 31.1 Å². The molecule has 7 heteroatoms. The highest BCUT2D eigenvalue weighted by Gasteiger charge is 2.11. The molecular weight excluding hydrogens is 490 g/mol. The third-order valence-electron chi connectivity index (χ3n) is 6.73. The van der Waals surface area contributed by atoms with Gasteiger partial charge in [0, 0.05) is 19.5 Å². The Morgan fingerprint density at radius 2 is 1.64 bits per heavy atom. The number of aryl methyl sites for hydroxylation is 2. The van der Waals surface area contributed by atoms with Crippen LogP contribution in [0.15, 0.2) is 72.8 Å². The third kappa shape index (κ3) is 8.24. The summed E-state index contributed by atoms with van der Waals surface area (Å²) in [5.74, 6) is 3.36. The number of unbranched alkanes of at least 4 members (excludes halogenated alkanes) is 3. The molecule has 0 unspecified atom stereocenters. The first kappa shape index (κ1) is 28.0. The van der Waals surface area contributed by atoms with Crippen LogP contribution in [-0.2, 0) is 24.2 Å². The highest BCUT2D eigenvalue weighted by atomic mass is 16.5. The lowest BCUT2D eigenvalue weighted by Gasteiger charge is -2.11. The third-order valence-corrected chi connectivity index (χ3v) is 6.73. The summed E-state index contributed by atoms with van der Waals surface area (Å²) in [5, 5.41) is 3.04. The maximum atomic E-state index is 12.4. The van der Waals surface area contributed by atoms with Gasteiger partial charge in [-0.2, -0.15) is 0 Å². The monoisotopic (exact) mass is 529 g/mol. The van der Waals surface area contributed by atoms with Gasteiger partial charge in [-0.05, 0) is 67.6 Å². The molecule has 0 bridgehead atoms. The van der Waals surface area contributed by atoms with Gasteiger partial charge in [0.2, 0.25) is 5.91 Å². The Bertz CT molecular complexity index is 1320. The minimum atomic E-state index is 0.0141. The number of ether oxygens (including phenoxy) is 3. The van der Waals surface area contributed by atoms with E-state index < -0.39 is 0 Å². The standard InChI is InChI=1S/C32H39N3O4/c1-37-29-19-18-25(23-30(29)38-2)24-32(36)33-20-10-4-7-17-31-34-27-15-8-9-16-28(27)35(31)21-11-12-22-39-26-13-5-3-6-14-26/h3,5-6,8-9,13-16,18-19,23H,4,7,10-12,17,20-22,24H2,1-2H3,(H,33,36). The number of nitrogens with one attached hydrogen (secondary N) is 1. The Morgan fingerprint density at radius 3 is 2.46 bits per heavy atom. The first-order chi connectivity index (χ1) is 19.2. The van der Waals surface area contributed by atoms with Crippen LogP contribution in [0, 0.1) is 0 Å². The van der Waals surface area contributed by atoms with Gasteiger partial charge in [-0.1, -0.05) is 42.8 Å². The molecule has 0 aliphatic rings. The van der Waals surface area contributed by atoms with Crippen molar-refractivity contribution in [1.29, 1.82) is 0 Å². The van der Waals surface area contributed by atoms with Crippen LogP contribution in [0.1, 0.15) is 43.5 Å². The number of para-hydroxylation sites is 3. The molecule has 7 nitrogen and oxygen atoms in total. The molecule has 4 rings (SSSR count). The van der Waals surface area contributed by atoms with E-state index in [4.69, 9.17) is 19.2 Å². The largest absolute Gasteiger partial charge is 0.494 e. The van der Waals surface area contributed by atoms with Gasteiger partial charge in [0.15, 0.2) is 11.5 Å². The van der Waals surface area contributed by atoms with E-state index in [1.165, 1.54) is 5.52 Å². The summed E-state index contributed by atoms with van der Waals surface area (Å²) in [6, 6.07) is 23.9. The molecule has 4 aromatic rings. The van der Waals surface area contributed by atoms with Crippen LogP contribution in [0.4, 0.5) is 0 Å². The summed E-state index contributed by atoms with van der Waals surface area (Å²) in [5.41, 5.74) is 3.14. The molecule has 1 amide bonds. The van der Waals surface area contributed by atoms with E-state index in [1.807, 2.05) is 54.6 Å². The van der Waals surface area contributed by atoms with Gasteiger partial charge < -0.3 is 24.1 Å². The Hall–Kier alpha value is -4.00. The molecule has 0 saturated heterocycles. The van der Waals surface area contributed by atoms with Crippen LogP contribution < -0.4 is 19.5 Å². The lowest BCUT2D eigenvalue weighted by molar-refractivity contribution is -0.120. The molecule has 0 radical (unpaired) electrons. The molecular formula is C32H39N3O4. The molecule has 0 aliphatic heterocycles. The minimum absolute atomic E-state index is 0.0141. The topological polar surface area (TPSA) is 74.6 Å². The Morgan fingerprint density at radius 1 is 0.846 bits per heavy atom. The molecule has 206 valence electrons. The molecule has 0 spiro atoms. The second kappa shape index (κ2) is 14.8. The highest BCUT2D eigenvalue weighted by molar-refractivity contribution is 5.78. The van der Waals surface area contributed by atoms with E-state index in [-0.39, 0.29) is 5.91 Å². The van der Waals surface area contributed by atoms with Crippen molar-refractivity contribution in [3.8, 4) is 17.2 Å². The van der Waals surface area contributed by atoms with Gasteiger partial charge in [0.25, 0.3) is 0 Å². The van der Waals surface area contributed by atoms with Crippen molar-refractivity contribution in [2.24, 2.45) is 0 Å². The first-order valence-corrected chi connectivity index (χ1v) is 13.8. The first-order valence-electron chi connectivity index (χ1n) is 13.8. The van der Waals surface area contributed by atoms with Gasteiger partial charge in [0.1, 0.15) is 11.6 Å². The quantitative estimate of drug-likeness (QED) is 0.181. The summed E-state index contributed by atoms with van der Waals surface area (Å²) in [6.45, 7) is 2.31. The molecule has 1 N–H and O–H groups in total. The fraction of sp³-hybridized carbons (Fsp3) is 0.375. The Labute approximate surface area is 231 Å². The molecule has 1 heterocycles. The van der Waals surface area contributed by atoms with Gasteiger partial charge in [-0.15, -0.1) is 0 Å². The highest BCUT2D eigenvalue weighted by Crippen LogP contribution is 2.27. The SMILES string of the molecule is COc1ccc(CC(=O)NCCCCCc2nc3ccccc3n2CCCCOc2ccccc2)cc1OC. The maximum absolute atomic E-state index is 12.4. The summed E-state index contributed by atoms with van der Waals surface area (Å²) < 4.78 is 18.8. The fourth-order valence-corrected chi connectivity index (χ4v) is 4.70. The van der Waals surface area contributed by atoms with Crippen LogP contribution >= 0.6 is 0 Å². The van der Waals surface area contributed by atoms with E-state index in [9.17, 15) is 4.79 Å². The smallest absolute Gasteiger partial charge is 0.224 e. The number of imidazole rings is 1. The number of amides is 1. The second-order valence-electron chi connectivity index (χ2n) is 9.56. The maximum Gasteiger partial charge on any atom is 0.224 e. The molecule has 1 aromatic heterocycles. The zero-order valence-corrected chi connectivity index (χ0v) is 23.0. The van der Waals surface area contributed by atoms with Crippen molar-refractivity contribution >= 4 is 16.9 Å². The van der Waals surface area contributed by atoms with Crippen molar-refractivity contribution in [2.75, 3.05) is 27.4 Å². The number of rotatable bonds is 16. The van der Waals surface area contributed by atoms with Crippen LogP contribution in [0.5, 0.6) is 17.2 Å². The van der Waals surface area contributed by atoms with E-state index in [1.54, 1.807) is 14.2 Å². The van der Waals surface area contributed by atoms with Crippen molar-refractivity contribution < 1.29 is 19.0 Å². The molecule has 0 atom stereocenters. The van der Waals surface area contributed by atoms with E-state index in [0.717, 1.165) is 67.7 Å². The van der Waals surface area contributed by atoms with Crippen molar-refractivity contribution in [3.05, 3.63) is 84.2 Å². The Balaban J connectivity index is 1.18. The average molecular weight is 530 g/mol. The minimum Gasteiger partial charge on any atom is -0.494 e. The van der Waals surface area contributed by atoms with Gasteiger partial charge >= 0.3 is 0 Å². The number of carbonyl (C=O) groups excluding carboxylic acids is 1. The number of benzene rings is 3. The number of nitrogens with zero attached hydrogens (tertiary/aromatic N) is 2. The van der Waals surface area contributed by atoms with Gasteiger partial charge in [-0.3, -0.25) is 4.79 Å².